The molecule has 1 aromatic carbocycles. The van der Waals surface area contributed by atoms with Crippen LogP contribution < -0.4 is 4.74 Å². The van der Waals surface area contributed by atoms with Crippen LogP contribution in [0, 0.1) is 12.8 Å². The van der Waals surface area contributed by atoms with Crippen LogP contribution in [0.4, 0.5) is 0 Å². The molecule has 1 saturated heterocycles. The van der Waals surface area contributed by atoms with E-state index in [4.69, 9.17) is 9.47 Å². The molecule has 0 aromatic heterocycles. The number of ether oxygens (including phenoxy) is 2. The lowest BCUT2D eigenvalue weighted by atomic mass is 9.96. The molecule has 4 nitrogen and oxygen atoms in total. The summed E-state index contributed by atoms with van der Waals surface area (Å²) in [7, 11) is 1.45. The Balaban J connectivity index is 2.14. The van der Waals surface area contributed by atoms with Crippen LogP contribution in [-0.4, -0.2) is 31.1 Å². The van der Waals surface area contributed by atoms with Crippen molar-refractivity contribution in [3.05, 3.63) is 66.1 Å². The Labute approximate surface area is 150 Å². The van der Waals surface area contributed by atoms with Crippen LogP contribution in [0.5, 0.6) is 5.75 Å². The van der Waals surface area contributed by atoms with Gasteiger partial charge in [0, 0.05) is 13.1 Å². The molecule has 0 aliphatic carbocycles. The minimum absolute atomic E-state index is 0.00999. The highest BCUT2D eigenvalue weighted by Gasteiger charge is 2.26. The molecular weight excluding hydrogens is 314 g/mol. The summed E-state index contributed by atoms with van der Waals surface area (Å²) in [6.07, 6.45) is 7.24. The van der Waals surface area contributed by atoms with Crippen LogP contribution in [0.3, 0.4) is 0 Å². The summed E-state index contributed by atoms with van der Waals surface area (Å²) in [5.41, 5.74) is 2.22. The van der Waals surface area contributed by atoms with Crippen LogP contribution in [0.2, 0.25) is 0 Å². The van der Waals surface area contributed by atoms with Gasteiger partial charge >= 0.3 is 5.97 Å². The molecule has 4 heteroatoms. The van der Waals surface area contributed by atoms with Crippen molar-refractivity contribution in [2.45, 2.75) is 26.7 Å². The van der Waals surface area contributed by atoms with Gasteiger partial charge in [-0.2, -0.15) is 0 Å². The van der Waals surface area contributed by atoms with Gasteiger partial charge in [0.05, 0.1) is 18.7 Å². The van der Waals surface area contributed by atoms with E-state index < -0.39 is 0 Å². The maximum Gasteiger partial charge on any atom is 0.308 e. The van der Waals surface area contributed by atoms with Gasteiger partial charge in [-0.25, -0.2) is 0 Å². The predicted molar refractivity (Wildman–Crippen MR) is 100 cm³/mol. The zero-order valence-electron chi connectivity index (χ0n) is 15.3. The maximum atomic E-state index is 11.7. The van der Waals surface area contributed by atoms with Crippen molar-refractivity contribution < 1.29 is 14.3 Å². The summed E-state index contributed by atoms with van der Waals surface area (Å²) in [4.78, 5) is 14.0. The largest absolute Gasteiger partial charge is 0.469 e. The maximum absolute atomic E-state index is 11.7. The summed E-state index contributed by atoms with van der Waals surface area (Å²) in [5, 5.41) is 0. The highest BCUT2D eigenvalue weighted by molar-refractivity contribution is 5.72. The Hall–Kier alpha value is -2.49. The van der Waals surface area contributed by atoms with E-state index in [0.29, 0.717) is 0 Å². The zero-order valence-corrected chi connectivity index (χ0v) is 15.3. The Kier molecular flexibility index (Phi) is 6.87. The standard InChI is InChI=1S/C21H27NO3/c1-5-6-7-20(17(3)25-19-10-8-16(2)9-11-19)22-14-12-18(13-15-22)21(23)24-4/h5-11,18H,1,12-15H2,2-4H3. The number of allylic oxidation sites excluding steroid dienone is 4. The second kappa shape index (κ2) is 9.11. The van der Waals surface area contributed by atoms with Crippen LogP contribution in [-0.2, 0) is 9.53 Å². The molecule has 1 aliphatic heterocycles. The van der Waals surface area contributed by atoms with Gasteiger partial charge in [-0.15, -0.1) is 0 Å². The van der Waals surface area contributed by atoms with Gasteiger partial charge in [-0.1, -0.05) is 36.4 Å². The molecule has 1 aliphatic rings. The lowest BCUT2D eigenvalue weighted by Crippen LogP contribution is -2.36. The number of hydrogen-bond acceptors (Lipinski definition) is 4. The Bertz CT molecular complexity index is 650. The highest BCUT2D eigenvalue weighted by Crippen LogP contribution is 2.25. The van der Waals surface area contributed by atoms with Gasteiger partial charge in [0.25, 0.3) is 0 Å². The number of benzene rings is 1. The smallest absolute Gasteiger partial charge is 0.308 e. The topological polar surface area (TPSA) is 38.8 Å². The molecule has 0 atom stereocenters. The molecule has 0 unspecified atom stereocenters. The number of carbonyl (C=O) groups excluding carboxylic acids is 1. The Morgan fingerprint density at radius 1 is 1.24 bits per heavy atom. The average molecular weight is 341 g/mol. The van der Waals surface area contributed by atoms with Gasteiger partial charge in [-0.05, 0) is 44.9 Å². The molecule has 0 bridgehead atoms. The van der Waals surface area contributed by atoms with E-state index in [1.165, 1.54) is 12.7 Å². The van der Waals surface area contributed by atoms with E-state index in [1.54, 1.807) is 6.08 Å². The van der Waals surface area contributed by atoms with E-state index >= 15 is 0 Å². The molecular formula is C21H27NO3. The average Bonchev–Trinajstić information content (AvgIpc) is 2.64. The number of piperidine rings is 1. The van der Waals surface area contributed by atoms with Crippen LogP contribution in [0.25, 0.3) is 0 Å². The first-order valence-corrected chi connectivity index (χ1v) is 8.62. The number of likely N-dealkylation sites (tertiary alicyclic amines) is 1. The van der Waals surface area contributed by atoms with E-state index in [2.05, 4.69) is 18.4 Å². The van der Waals surface area contributed by atoms with Crippen molar-refractivity contribution in [1.82, 2.24) is 4.90 Å². The quantitative estimate of drug-likeness (QED) is 0.441. The molecule has 1 aromatic rings. The molecule has 0 saturated carbocycles. The van der Waals surface area contributed by atoms with E-state index in [1.807, 2.05) is 43.3 Å². The lowest BCUT2D eigenvalue weighted by Gasteiger charge is -2.33. The lowest BCUT2D eigenvalue weighted by molar-refractivity contribution is -0.146. The predicted octanol–water partition coefficient (Wildman–Crippen LogP) is 4.23. The van der Waals surface area contributed by atoms with Crippen LogP contribution in [0.15, 0.2) is 60.5 Å². The molecule has 0 amide bonds. The van der Waals surface area contributed by atoms with E-state index in [9.17, 15) is 4.79 Å². The van der Waals surface area contributed by atoms with Crippen molar-refractivity contribution in [2.24, 2.45) is 5.92 Å². The van der Waals surface area contributed by atoms with Crippen molar-refractivity contribution in [3.63, 3.8) is 0 Å². The number of esters is 1. The Morgan fingerprint density at radius 2 is 1.88 bits per heavy atom. The Morgan fingerprint density at radius 3 is 2.44 bits per heavy atom. The van der Waals surface area contributed by atoms with Gasteiger partial charge in [0.15, 0.2) is 0 Å². The molecule has 2 rings (SSSR count). The fourth-order valence-electron chi connectivity index (χ4n) is 2.96. The van der Waals surface area contributed by atoms with Gasteiger partial charge in [0.1, 0.15) is 11.5 Å². The summed E-state index contributed by atoms with van der Waals surface area (Å²) in [6, 6.07) is 8.00. The third-order valence-corrected chi connectivity index (χ3v) is 4.41. The van der Waals surface area contributed by atoms with Crippen molar-refractivity contribution in [2.75, 3.05) is 20.2 Å². The van der Waals surface area contributed by atoms with Crippen molar-refractivity contribution in [3.8, 4) is 5.75 Å². The third-order valence-electron chi connectivity index (χ3n) is 4.41. The van der Waals surface area contributed by atoms with E-state index in [0.717, 1.165) is 43.1 Å². The minimum atomic E-state index is -0.112. The van der Waals surface area contributed by atoms with Crippen molar-refractivity contribution in [1.29, 1.82) is 0 Å². The number of carbonyl (C=O) groups is 1. The van der Waals surface area contributed by atoms with E-state index in [-0.39, 0.29) is 11.9 Å². The number of nitrogens with zero attached hydrogens (tertiary/aromatic N) is 1. The first-order valence-electron chi connectivity index (χ1n) is 8.62. The normalized spacial score (nSPS) is 16.5. The number of aryl methyl sites for hydroxylation is 1. The van der Waals surface area contributed by atoms with Crippen LogP contribution >= 0.6 is 0 Å². The van der Waals surface area contributed by atoms with Gasteiger partial charge in [0.2, 0.25) is 0 Å². The summed E-state index contributed by atoms with van der Waals surface area (Å²) in [5.74, 6) is 1.53. The van der Waals surface area contributed by atoms with Crippen molar-refractivity contribution >= 4 is 5.97 Å². The monoisotopic (exact) mass is 341 g/mol. The first-order chi connectivity index (χ1) is 12.0. The van der Waals surface area contributed by atoms with Gasteiger partial charge < -0.3 is 14.4 Å². The molecule has 0 spiro atoms. The third kappa shape index (κ3) is 5.24. The molecule has 0 N–H and O–H groups in total. The second-order valence-corrected chi connectivity index (χ2v) is 6.24. The summed E-state index contributed by atoms with van der Waals surface area (Å²) in [6.45, 7) is 9.36. The summed E-state index contributed by atoms with van der Waals surface area (Å²) >= 11 is 0. The molecule has 1 fully saturated rings. The molecule has 134 valence electrons. The first kappa shape index (κ1) is 18.8. The number of hydrogen-bond donors (Lipinski definition) is 0. The number of methoxy groups -OCH3 is 1. The molecule has 1 heterocycles. The fourth-order valence-corrected chi connectivity index (χ4v) is 2.96. The zero-order chi connectivity index (χ0) is 18.2. The number of rotatable bonds is 6. The second-order valence-electron chi connectivity index (χ2n) is 6.24. The van der Waals surface area contributed by atoms with Gasteiger partial charge in [-0.3, -0.25) is 4.79 Å². The highest BCUT2D eigenvalue weighted by atomic mass is 16.5. The SMILES string of the molecule is C=CC=CC(=C(C)Oc1ccc(C)cc1)N1CCC(C(=O)OC)CC1. The summed E-state index contributed by atoms with van der Waals surface area (Å²) < 4.78 is 10.9. The fraction of sp³-hybridized carbons (Fsp3) is 0.381. The molecule has 25 heavy (non-hydrogen) atoms. The minimum Gasteiger partial charge on any atom is -0.469 e. The van der Waals surface area contributed by atoms with Crippen LogP contribution in [0.1, 0.15) is 25.3 Å². The molecule has 0 radical (unpaired) electrons.